The number of esters is 1. The van der Waals surface area contributed by atoms with E-state index in [4.69, 9.17) is 10.5 Å². The first kappa shape index (κ1) is 18.2. The predicted molar refractivity (Wildman–Crippen MR) is 81.0 cm³/mol. The molecule has 0 aliphatic heterocycles. The number of anilines is 1. The van der Waals surface area contributed by atoms with E-state index in [1.165, 1.54) is 0 Å². The number of halogens is 1. The third kappa shape index (κ3) is 5.09. The average Bonchev–Trinajstić information content (AvgIpc) is 2.38. The van der Waals surface area contributed by atoms with Gasteiger partial charge in [-0.1, -0.05) is 13.0 Å². The van der Waals surface area contributed by atoms with Crippen LogP contribution in [0.25, 0.3) is 0 Å². The minimum absolute atomic E-state index is 0. The van der Waals surface area contributed by atoms with E-state index < -0.39 is 0 Å². The van der Waals surface area contributed by atoms with Gasteiger partial charge in [0.2, 0.25) is 0 Å². The molecule has 0 aromatic heterocycles. The molecule has 0 spiro atoms. The summed E-state index contributed by atoms with van der Waals surface area (Å²) in [6, 6.07) is 5.16. The summed E-state index contributed by atoms with van der Waals surface area (Å²) >= 11 is 0. The van der Waals surface area contributed by atoms with Crippen LogP contribution in [0.2, 0.25) is 0 Å². The summed E-state index contributed by atoms with van der Waals surface area (Å²) in [6.45, 7) is 5.88. The normalized spacial score (nSPS) is 11.2. The van der Waals surface area contributed by atoms with Crippen LogP contribution in [-0.4, -0.2) is 25.0 Å². The summed E-state index contributed by atoms with van der Waals surface area (Å²) in [5, 5.41) is 2.71. The number of rotatable bonds is 5. The van der Waals surface area contributed by atoms with Gasteiger partial charge >= 0.3 is 5.97 Å². The van der Waals surface area contributed by atoms with Crippen LogP contribution in [0.3, 0.4) is 0 Å². The number of hydrogen-bond donors (Lipinski definition) is 2. The Balaban J connectivity index is 0.00000361. The van der Waals surface area contributed by atoms with Crippen molar-refractivity contribution in [1.82, 2.24) is 5.32 Å². The lowest BCUT2D eigenvalue weighted by atomic mass is 10.1. The number of carbonyl (C=O) groups is 2. The van der Waals surface area contributed by atoms with Crippen LogP contribution < -0.4 is 11.1 Å². The quantitative estimate of drug-likeness (QED) is 0.643. The summed E-state index contributed by atoms with van der Waals surface area (Å²) in [7, 11) is 0. The molecule has 0 aliphatic rings. The molecule has 5 nitrogen and oxygen atoms in total. The van der Waals surface area contributed by atoms with Crippen molar-refractivity contribution >= 4 is 30.0 Å². The fourth-order valence-corrected chi connectivity index (χ4v) is 1.59. The van der Waals surface area contributed by atoms with Crippen molar-refractivity contribution in [2.75, 3.05) is 18.9 Å². The number of ether oxygens (including phenoxy) is 1. The summed E-state index contributed by atoms with van der Waals surface area (Å²) in [5.41, 5.74) is 7.56. The van der Waals surface area contributed by atoms with Crippen molar-refractivity contribution < 1.29 is 14.3 Å². The lowest BCUT2D eigenvalue weighted by molar-refractivity contribution is -0.147. The smallest absolute Gasteiger partial charge is 0.310 e. The molecule has 1 atom stereocenters. The Morgan fingerprint density at radius 2 is 2.05 bits per heavy atom. The van der Waals surface area contributed by atoms with Crippen LogP contribution in [0.5, 0.6) is 0 Å². The fraction of sp³-hybridized carbons (Fsp3) is 0.429. The Bertz CT molecular complexity index is 477. The number of carbonyl (C=O) groups excluding carboxylic acids is 2. The van der Waals surface area contributed by atoms with Crippen LogP contribution in [0.4, 0.5) is 5.69 Å². The molecule has 1 aromatic carbocycles. The maximum Gasteiger partial charge on any atom is 0.310 e. The van der Waals surface area contributed by atoms with Gasteiger partial charge in [0.1, 0.15) is 0 Å². The molecule has 0 heterocycles. The molecule has 0 saturated carbocycles. The summed E-state index contributed by atoms with van der Waals surface area (Å²) in [5.74, 6) is -0.918. The van der Waals surface area contributed by atoms with Crippen molar-refractivity contribution in [2.24, 2.45) is 5.92 Å². The molecule has 6 heteroatoms. The lowest BCUT2D eigenvalue weighted by Crippen LogP contribution is -2.32. The van der Waals surface area contributed by atoms with E-state index >= 15 is 0 Å². The zero-order valence-electron chi connectivity index (χ0n) is 11.9. The van der Waals surface area contributed by atoms with Crippen molar-refractivity contribution in [3.05, 3.63) is 29.3 Å². The second-order valence-corrected chi connectivity index (χ2v) is 4.44. The number of benzene rings is 1. The summed E-state index contributed by atoms with van der Waals surface area (Å²) in [6.07, 6.45) is 0. The first-order valence-electron chi connectivity index (χ1n) is 6.26. The summed E-state index contributed by atoms with van der Waals surface area (Å²) in [4.78, 5) is 23.4. The minimum Gasteiger partial charge on any atom is -0.466 e. The summed E-state index contributed by atoms with van der Waals surface area (Å²) < 4.78 is 4.87. The van der Waals surface area contributed by atoms with Gasteiger partial charge in [-0.2, -0.15) is 0 Å². The van der Waals surface area contributed by atoms with E-state index in [1.807, 2.05) is 6.92 Å². The van der Waals surface area contributed by atoms with Gasteiger partial charge in [-0.05, 0) is 31.5 Å². The van der Waals surface area contributed by atoms with Crippen LogP contribution in [0, 0.1) is 12.8 Å². The number of amides is 1. The Hall–Kier alpha value is -1.75. The second kappa shape index (κ2) is 8.43. The Morgan fingerprint density at radius 3 is 2.65 bits per heavy atom. The highest BCUT2D eigenvalue weighted by molar-refractivity contribution is 5.96. The van der Waals surface area contributed by atoms with Crippen LogP contribution >= 0.6 is 12.4 Å². The Labute approximate surface area is 125 Å². The third-order valence-electron chi connectivity index (χ3n) is 2.76. The average molecular weight is 301 g/mol. The van der Waals surface area contributed by atoms with Crippen LogP contribution in [0.1, 0.15) is 29.8 Å². The van der Waals surface area contributed by atoms with Crippen LogP contribution in [0.15, 0.2) is 18.2 Å². The minimum atomic E-state index is -0.370. The largest absolute Gasteiger partial charge is 0.466 e. The van der Waals surface area contributed by atoms with Crippen molar-refractivity contribution in [1.29, 1.82) is 0 Å². The van der Waals surface area contributed by atoms with Gasteiger partial charge in [0.05, 0.1) is 12.5 Å². The van der Waals surface area contributed by atoms with Gasteiger partial charge in [-0.15, -0.1) is 12.4 Å². The Morgan fingerprint density at radius 1 is 1.40 bits per heavy atom. The Kier molecular flexibility index (Phi) is 7.69. The highest BCUT2D eigenvalue weighted by Crippen LogP contribution is 2.12. The van der Waals surface area contributed by atoms with E-state index in [-0.39, 0.29) is 36.7 Å². The van der Waals surface area contributed by atoms with E-state index in [2.05, 4.69) is 5.32 Å². The van der Waals surface area contributed by atoms with E-state index in [9.17, 15) is 9.59 Å². The molecule has 0 radical (unpaired) electrons. The molecule has 3 N–H and O–H groups in total. The second-order valence-electron chi connectivity index (χ2n) is 4.44. The molecule has 20 heavy (non-hydrogen) atoms. The number of aryl methyl sites for hydroxylation is 1. The van der Waals surface area contributed by atoms with Gasteiger partial charge in [-0.25, -0.2) is 0 Å². The monoisotopic (exact) mass is 300 g/mol. The topological polar surface area (TPSA) is 81.4 Å². The number of nitrogens with one attached hydrogen (secondary N) is 1. The molecular weight excluding hydrogens is 280 g/mol. The molecule has 1 unspecified atom stereocenters. The molecule has 1 rings (SSSR count). The maximum absolute atomic E-state index is 12.0. The predicted octanol–water partition coefficient (Wildman–Crippen LogP) is 1.93. The van der Waals surface area contributed by atoms with Crippen molar-refractivity contribution in [2.45, 2.75) is 20.8 Å². The molecule has 0 fully saturated rings. The molecular formula is C14H21ClN2O3. The van der Waals surface area contributed by atoms with Crippen molar-refractivity contribution in [3.63, 3.8) is 0 Å². The molecule has 112 valence electrons. The standard InChI is InChI=1S/C14H20N2O3.ClH/c1-4-19-14(18)10(3)8-16-13(17)12-7-11(15)6-5-9(12)2;/h5-7,10H,4,8,15H2,1-3H3,(H,16,17);1H. The van der Waals surface area contributed by atoms with E-state index in [1.54, 1.807) is 32.0 Å². The van der Waals surface area contributed by atoms with Gasteiger partial charge < -0.3 is 15.8 Å². The fourth-order valence-electron chi connectivity index (χ4n) is 1.59. The highest BCUT2D eigenvalue weighted by atomic mass is 35.5. The molecule has 0 aliphatic carbocycles. The van der Waals surface area contributed by atoms with Gasteiger partial charge in [0.25, 0.3) is 5.91 Å². The maximum atomic E-state index is 12.0. The van der Waals surface area contributed by atoms with E-state index in [0.717, 1.165) is 5.56 Å². The van der Waals surface area contributed by atoms with Gasteiger partial charge in [0.15, 0.2) is 0 Å². The van der Waals surface area contributed by atoms with E-state index in [0.29, 0.717) is 17.9 Å². The zero-order valence-corrected chi connectivity index (χ0v) is 12.8. The van der Waals surface area contributed by atoms with Gasteiger partial charge in [0, 0.05) is 17.8 Å². The molecule has 0 saturated heterocycles. The third-order valence-corrected chi connectivity index (χ3v) is 2.76. The number of nitrogen functional groups attached to an aromatic ring is 1. The number of nitrogens with two attached hydrogens (primary N) is 1. The number of hydrogen-bond acceptors (Lipinski definition) is 4. The lowest BCUT2D eigenvalue weighted by Gasteiger charge is -2.12. The zero-order chi connectivity index (χ0) is 14.4. The molecule has 1 amide bonds. The van der Waals surface area contributed by atoms with Gasteiger partial charge in [-0.3, -0.25) is 9.59 Å². The van der Waals surface area contributed by atoms with Crippen LogP contribution in [-0.2, 0) is 9.53 Å². The molecule has 1 aromatic rings. The SMILES string of the molecule is CCOC(=O)C(C)CNC(=O)c1cc(N)ccc1C.Cl. The van der Waals surface area contributed by atoms with Crippen molar-refractivity contribution in [3.8, 4) is 0 Å². The first-order chi connectivity index (χ1) is 8.95. The molecule has 0 bridgehead atoms. The first-order valence-corrected chi connectivity index (χ1v) is 6.26. The highest BCUT2D eigenvalue weighted by Gasteiger charge is 2.16.